The number of thiophene rings is 1. The summed E-state index contributed by atoms with van der Waals surface area (Å²) in [5.41, 5.74) is 2.40. The molecule has 0 aliphatic carbocycles. The van der Waals surface area contributed by atoms with Crippen molar-refractivity contribution in [2.75, 3.05) is 0 Å². The molecule has 0 spiro atoms. The van der Waals surface area contributed by atoms with Gasteiger partial charge in [-0.25, -0.2) is 4.79 Å². The lowest BCUT2D eigenvalue weighted by Gasteiger charge is -2.25. The van der Waals surface area contributed by atoms with Gasteiger partial charge in [-0.3, -0.25) is 19.8 Å². The molecule has 1 aromatic heterocycles. The summed E-state index contributed by atoms with van der Waals surface area (Å²) in [5.74, 6) is -1.24. The summed E-state index contributed by atoms with van der Waals surface area (Å²) < 4.78 is 0. The van der Waals surface area contributed by atoms with Crippen molar-refractivity contribution in [3.8, 4) is 0 Å². The number of imide groups is 1. The van der Waals surface area contributed by atoms with E-state index in [-0.39, 0.29) is 18.6 Å². The molecule has 0 saturated carbocycles. The molecule has 1 aliphatic heterocycles. The lowest BCUT2D eigenvalue weighted by Crippen LogP contribution is -2.48. The van der Waals surface area contributed by atoms with Gasteiger partial charge in [-0.15, -0.1) is 11.3 Å². The summed E-state index contributed by atoms with van der Waals surface area (Å²) in [5, 5.41) is 3.41. The number of hydrazine groups is 1. The maximum atomic E-state index is 13.0. The Labute approximate surface area is 173 Å². The van der Waals surface area contributed by atoms with Crippen LogP contribution < -0.4 is 10.7 Å². The molecule has 8 heteroatoms. The number of carbonyl (C=O) groups is 4. The Bertz CT molecular complexity index is 970. The van der Waals surface area contributed by atoms with Gasteiger partial charge in [0.15, 0.2) is 5.78 Å². The summed E-state index contributed by atoms with van der Waals surface area (Å²) in [7, 11) is 0. The van der Waals surface area contributed by atoms with Crippen LogP contribution in [0.3, 0.4) is 0 Å². The molecule has 1 aromatic carbocycles. The molecule has 152 valence electrons. The average molecular weight is 413 g/mol. The first-order valence-electron chi connectivity index (χ1n) is 9.40. The second-order valence-electron chi connectivity index (χ2n) is 6.98. The lowest BCUT2D eigenvalue weighted by atomic mass is 9.87. The Morgan fingerprint density at radius 1 is 1.14 bits per heavy atom. The van der Waals surface area contributed by atoms with E-state index in [0.717, 1.165) is 9.75 Å². The summed E-state index contributed by atoms with van der Waals surface area (Å²) in [6.45, 7) is 5.58. The topological polar surface area (TPSA) is 95.6 Å². The number of amides is 4. The summed E-state index contributed by atoms with van der Waals surface area (Å²) in [6, 6.07) is 10.0. The maximum absolute atomic E-state index is 13.0. The predicted octanol–water partition coefficient (Wildman–Crippen LogP) is 3.22. The van der Waals surface area contributed by atoms with Crippen molar-refractivity contribution < 1.29 is 19.2 Å². The quantitative estimate of drug-likeness (QED) is 0.538. The largest absolute Gasteiger partial charge is 0.344 e. The van der Waals surface area contributed by atoms with Gasteiger partial charge >= 0.3 is 6.03 Å². The Hall–Kier alpha value is -3.00. The van der Waals surface area contributed by atoms with E-state index in [1.807, 2.05) is 26.0 Å². The van der Waals surface area contributed by atoms with Crippen molar-refractivity contribution in [3.05, 3.63) is 57.3 Å². The van der Waals surface area contributed by atoms with Gasteiger partial charge in [-0.05, 0) is 31.9 Å². The fraction of sp³-hybridized carbons (Fsp3) is 0.333. The third-order valence-corrected chi connectivity index (χ3v) is 6.01. The van der Waals surface area contributed by atoms with E-state index in [0.29, 0.717) is 22.6 Å². The van der Waals surface area contributed by atoms with Crippen LogP contribution in [0.2, 0.25) is 0 Å². The van der Waals surface area contributed by atoms with E-state index >= 15 is 0 Å². The van der Waals surface area contributed by atoms with Gasteiger partial charge in [0.05, 0.1) is 0 Å². The first kappa shape index (κ1) is 20.7. The Kier molecular flexibility index (Phi) is 5.83. The van der Waals surface area contributed by atoms with Gasteiger partial charge in [0.2, 0.25) is 5.91 Å². The van der Waals surface area contributed by atoms with E-state index in [1.54, 1.807) is 31.2 Å². The van der Waals surface area contributed by atoms with Crippen molar-refractivity contribution in [1.29, 1.82) is 0 Å². The highest BCUT2D eigenvalue weighted by atomic mass is 32.1. The number of hydrogen-bond acceptors (Lipinski definition) is 5. The lowest BCUT2D eigenvalue weighted by molar-refractivity contribution is -0.139. The van der Waals surface area contributed by atoms with Crippen LogP contribution in [0.5, 0.6) is 0 Å². The first-order chi connectivity index (χ1) is 13.8. The minimum atomic E-state index is -1.22. The Morgan fingerprint density at radius 3 is 2.41 bits per heavy atom. The minimum absolute atomic E-state index is 0.00407. The summed E-state index contributed by atoms with van der Waals surface area (Å²) in [6.07, 6.45) is 0.224. The number of carbonyl (C=O) groups excluding carboxylic acids is 4. The van der Waals surface area contributed by atoms with E-state index in [2.05, 4.69) is 10.7 Å². The normalized spacial score (nSPS) is 18.7. The highest BCUT2D eigenvalue weighted by Crippen LogP contribution is 2.31. The second kappa shape index (κ2) is 8.16. The Balaban J connectivity index is 1.66. The average Bonchev–Trinajstić information content (AvgIpc) is 3.17. The van der Waals surface area contributed by atoms with E-state index in [4.69, 9.17) is 0 Å². The molecule has 2 N–H and O–H groups in total. The predicted molar refractivity (Wildman–Crippen MR) is 109 cm³/mol. The van der Waals surface area contributed by atoms with E-state index in [1.165, 1.54) is 11.3 Å². The SMILES string of the molecule is CC[C@]1(c2ccccc2)NC(=O)N(NC(=O)CCC(=O)c2cc(C)sc2C)C1=O. The number of ketones is 1. The van der Waals surface area contributed by atoms with Gasteiger partial charge in [-0.1, -0.05) is 37.3 Å². The van der Waals surface area contributed by atoms with Crippen molar-refractivity contribution in [2.24, 2.45) is 0 Å². The molecule has 0 radical (unpaired) electrons. The van der Waals surface area contributed by atoms with E-state index in [9.17, 15) is 19.2 Å². The zero-order valence-electron chi connectivity index (χ0n) is 16.6. The molecule has 1 saturated heterocycles. The third-order valence-electron chi connectivity index (χ3n) is 5.05. The van der Waals surface area contributed by atoms with Crippen LogP contribution >= 0.6 is 11.3 Å². The van der Waals surface area contributed by atoms with Crippen LogP contribution in [0.15, 0.2) is 36.4 Å². The van der Waals surface area contributed by atoms with Crippen molar-refractivity contribution in [2.45, 2.75) is 45.6 Å². The molecule has 0 unspecified atom stereocenters. The van der Waals surface area contributed by atoms with Crippen LogP contribution in [0.25, 0.3) is 0 Å². The number of urea groups is 1. The number of rotatable bonds is 7. The minimum Gasteiger partial charge on any atom is -0.318 e. The second-order valence-corrected chi connectivity index (χ2v) is 8.44. The van der Waals surface area contributed by atoms with Crippen molar-refractivity contribution >= 4 is 35.0 Å². The molecule has 3 rings (SSSR count). The summed E-state index contributed by atoms with van der Waals surface area (Å²) >= 11 is 1.53. The highest BCUT2D eigenvalue weighted by molar-refractivity contribution is 7.12. The maximum Gasteiger partial charge on any atom is 0.344 e. The van der Waals surface area contributed by atoms with Gasteiger partial charge in [-0.2, -0.15) is 5.01 Å². The standard InChI is InChI=1S/C21H23N3O4S/c1-4-21(15-8-6-5-7-9-15)19(27)24(20(28)22-21)23-18(26)11-10-17(25)16-12-13(2)29-14(16)3/h5-9,12H,4,10-11H2,1-3H3,(H,22,28)(H,23,26)/t21-/m1/s1. The molecular formula is C21H23N3O4S. The fourth-order valence-electron chi connectivity index (χ4n) is 3.49. The number of hydrogen-bond donors (Lipinski definition) is 2. The monoisotopic (exact) mass is 413 g/mol. The Morgan fingerprint density at radius 2 is 1.83 bits per heavy atom. The van der Waals surface area contributed by atoms with Crippen LogP contribution in [-0.4, -0.2) is 28.6 Å². The van der Waals surface area contributed by atoms with Crippen LogP contribution in [0.1, 0.15) is 51.9 Å². The first-order valence-corrected chi connectivity index (χ1v) is 10.2. The highest BCUT2D eigenvalue weighted by Gasteiger charge is 2.52. The number of benzene rings is 1. The molecule has 1 aliphatic rings. The van der Waals surface area contributed by atoms with Gasteiger partial charge in [0.25, 0.3) is 5.91 Å². The molecule has 1 fully saturated rings. The number of nitrogens with zero attached hydrogens (tertiary/aromatic N) is 1. The van der Waals surface area contributed by atoms with Crippen LogP contribution in [-0.2, 0) is 15.1 Å². The summed E-state index contributed by atoms with van der Waals surface area (Å²) in [4.78, 5) is 52.0. The fourth-order valence-corrected chi connectivity index (χ4v) is 4.43. The molecule has 1 atom stereocenters. The van der Waals surface area contributed by atoms with Crippen LogP contribution in [0, 0.1) is 13.8 Å². The third kappa shape index (κ3) is 3.93. The van der Waals surface area contributed by atoms with Gasteiger partial charge in [0.1, 0.15) is 5.54 Å². The van der Waals surface area contributed by atoms with Gasteiger partial charge in [0, 0.05) is 28.2 Å². The molecular weight excluding hydrogens is 390 g/mol. The molecule has 7 nitrogen and oxygen atoms in total. The number of Topliss-reactive ketones (excluding diaryl/α,β-unsaturated/α-hetero) is 1. The van der Waals surface area contributed by atoms with Crippen LogP contribution in [0.4, 0.5) is 4.79 Å². The molecule has 0 bridgehead atoms. The van der Waals surface area contributed by atoms with Crippen molar-refractivity contribution in [1.82, 2.24) is 15.8 Å². The van der Waals surface area contributed by atoms with E-state index < -0.39 is 23.4 Å². The van der Waals surface area contributed by atoms with Crippen molar-refractivity contribution in [3.63, 3.8) is 0 Å². The molecule has 2 heterocycles. The zero-order valence-corrected chi connectivity index (χ0v) is 17.4. The van der Waals surface area contributed by atoms with Gasteiger partial charge < -0.3 is 5.32 Å². The molecule has 2 aromatic rings. The zero-order chi connectivity index (χ0) is 21.2. The molecule has 29 heavy (non-hydrogen) atoms. The number of aryl methyl sites for hydroxylation is 2. The molecule has 4 amide bonds. The smallest absolute Gasteiger partial charge is 0.318 e. The number of nitrogens with one attached hydrogen (secondary N) is 2.